The van der Waals surface area contributed by atoms with Crippen molar-refractivity contribution in [2.75, 3.05) is 0 Å². The van der Waals surface area contributed by atoms with Gasteiger partial charge in [-0.25, -0.2) is 9.97 Å². The van der Waals surface area contributed by atoms with Gasteiger partial charge >= 0.3 is 0 Å². The number of nitrogens with one attached hydrogen (secondary N) is 2. The fraction of sp³-hybridized carbons (Fsp3) is 0.667. The lowest BCUT2D eigenvalue weighted by Crippen LogP contribution is -2.46. The molecule has 5 heteroatoms. The zero-order valence-electron chi connectivity index (χ0n) is 13.4. The normalized spacial score (nSPS) is 13.1. The van der Waals surface area contributed by atoms with Gasteiger partial charge in [0.25, 0.3) is 0 Å². The molecule has 0 spiro atoms. The number of aryl methyl sites for hydroxylation is 2. The Labute approximate surface area is 121 Å². The van der Waals surface area contributed by atoms with Gasteiger partial charge in [-0.05, 0) is 47.1 Å². The summed E-state index contributed by atoms with van der Waals surface area (Å²) in [6, 6.07) is 2.23. The minimum Gasteiger partial charge on any atom is -0.351 e. The van der Waals surface area contributed by atoms with Crippen molar-refractivity contribution >= 4 is 5.91 Å². The topological polar surface area (TPSA) is 66.9 Å². The third kappa shape index (κ3) is 6.10. The van der Waals surface area contributed by atoms with Gasteiger partial charge in [-0.3, -0.25) is 4.79 Å². The highest BCUT2D eigenvalue weighted by Crippen LogP contribution is 2.11. The van der Waals surface area contributed by atoms with E-state index in [0.29, 0.717) is 6.54 Å². The molecule has 2 N–H and O–H groups in total. The van der Waals surface area contributed by atoms with Crippen LogP contribution in [0.25, 0.3) is 0 Å². The fourth-order valence-corrected chi connectivity index (χ4v) is 2.51. The lowest BCUT2D eigenvalue weighted by atomic mass is 9.96. The molecule has 0 saturated carbocycles. The number of carbonyl (C=O) groups is 1. The molecule has 112 valence electrons. The van der Waals surface area contributed by atoms with Crippen LogP contribution in [0.3, 0.4) is 0 Å². The number of hydrogen-bond donors (Lipinski definition) is 2. The van der Waals surface area contributed by atoms with Crippen molar-refractivity contribution in [1.82, 2.24) is 20.6 Å². The molecule has 0 aliphatic carbocycles. The molecule has 0 radical (unpaired) electrons. The van der Waals surface area contributed by atoms with Crippen molar-refractivity contribution in [3.63, 3.8) is 0 Å². The van der Waals surface area contributed by atoms with Crippen LogP contribution in [0, 0.1) is 13.8 Å². The van der Waals surface area contributed by atoms with Crippen LogP contribution in [0.2, 0.25) is 0 Å². The van der Waals surface area contributed by atoms with Crippen molar-refractivity contribution in [2.45, 2.75) is 66.1 Å². The summed E-state index contributed by atoms with van der Waals surface area (Å²) in [5.74, 6) is 0.812. The molecule has 0 aromatic carbocycles. The van der Waals surface area contributed by atoms with Crippen LogP contribution in [0.4, 0.5) is 0 Å². The predicted molar refractivity (Wildman–Crippen MR) is 80.3 cm³/mol. The molecule has 0 fully saturated rings. The van der Waals surface area contributed by atoms with E-state index in [1.807, 2.05) is 33.8 Å². The molecule has 1 aromatic heterocycles. The second-order valence-electron chi connectivity index (χ2n) is 6.12. The van der Waals surface area contributed by atoms with Crippen LogP contribution in [0.1, 0.15) is 51.3 Å². The molecule has 1 rings (SSSR count). The van der Waals surface area contributed by atoms with Crippen LogP contribution in [0.5, 0.6) is 0 Å². The Morgan fingerprint density at radius 2 is 1.85 bits per heavy atom. The van der Waals surface area contributed by atoms with Gasteiger partial charge in [0, 0.05) is 29.9 Å². The van der Waals surface area contributed by atoms with Crippen molar-refractivity contribution in [3.05, 3.63) is 23.3 Å². The molecule has 1 amide bonds. The molecular weight excluding hydrogens is 252 g/mol. The number of rotatable bonds is 6. The highest BCUT2D eigenvalue weighted by atomic mass is 16.1. The Morgan fingerprint density at radius 3 is 2.35 bits per heavy atom. The van der Waals surface area contributed by atoms with Gasteiger partial charge < -0.3 is 10.6 Å². The molecule has 0 aliphatic rings. The Kier molecular flexibility index (Phi) is 5.62. The second kappa shape index (κ2) is 6.79. The molecule has 1 unspecified atom stereocenters. The molecule has 1 aromatic rings. The standard InChI is InChI=1S/C15H26N4O/c1-10-7-11(2)18-14(17-10)9-16-12(3)8-15(5,6)19-13(4)20/h7,12,16H,8-9H2,1-6H3,(H,19,20). The largest absolute Gasteiger partial charge is 0.351 e. The van der Waals surface area contributed by atoms with Gasteiger partial charge in [0.1, 0.15) is 5.82 Å². The van der Waals surface area contributed by atoms with E-state index in [9.17, 15) is 4.79 Å². The minimum atomic E-state index is -0.221. The lowest BCUT2D eigenvalue weighted by Gasteiger charge is -2.29. The quantitative estimate of drug-likeness (QED) is 0.833. The van der Waals surface area contributed by atoms with E-state index < -0.39 is 0 Å². The molecule has 0 aliphatic heterocycles. The molecule has 20 heavy (non-hydrogen) atoms. The molecular formula is C15H26N4O. The summed E-state index contributed by atoms with van der Waals surface area (Å²) in [6.07, 6.45) is 0.845. The number of nitrogens with zero attached hydrogens (tertiary/aromatic N) is 2. The third-order valence-electron chi connectivity index (χ3n) is 2.97. The monoisotopic (exact) mass is 278 g/mol. The lowest BCUT2D eigenvalue weighted by molar-refractivity contribution is -0.120. The number of amides is 1. The maximum Gasteiger partial charge on any atom is 0.217 e. The van der Waals surface area contributed by atoms with Gasteiger partial charge in [0.05, 0.1) is 6.54 Å². The molecule has 5 nitrogen and oxygen atoms in total. The fourth-order valence-electron chi connectivity index (χ4n) is 2.51. The zero-order valence-corrected chi connectivity index (χ0v) is 13.4. The van der Waals surface area contributed by atoms with Crippen LogP contribution < -0.4 is 10.6 Å². The number of carbonyl (C=O) groups excluding carboxylic acids is 1. The highest BCUT2D eigenvalue weighted by Gasteiger charge is 2.21. The van der Waals surface area contributed by atoms with E-state index in [4.69, 9.17) is 0 Å². The maximum atomic E-state index is 11.1. The van der Waals surface area contributed by atoms with E-state index in [2.05, 4.69) is 27.5 Å². The summed E-state index contributed by atoms with van der Waals surface area (Å²) < 4.78 is 0. The average molecular weight is 278 g/mol. The Morgan fingerprint density at radius 1 is 1.30 bits per heavy atom. The minimum absolute atomic E-state index is 0.000146. The molecule has 1 heterocycles. The summed E-state index contributed by atoms with van der Waals surface area (Å²) in [5.41, 5.74) is 1.75. The van der Waals surface area contributed by atoms with Crippen molar-refractivity contribution in [3.8, 4) is 0 Å². The Hall–Kier alpha value is -1.49. The van der Waals surface area contributed by atoms with E-state index in [-0.39, 0.29) is 17.5 Å². The van der Waals surface area contributed by atoms with Gasteiger partial charge in [-0.15, -0.1) is 0 Å². The van der Waals surface area contributed by atoms with E-state index >= 15 is 0 Å². The van der Waals surface area contributed by atoms with Crippen LogP contribution in [-0.4, -0.2) is 27.5 Å². The number of aromatic nitrogens is 2. The van der Waals surface area contributed by atoms with Crippen molar-refractivity contribution in [2.24, 2.45) is 0 Å². The third-order valence-corrected chi connectivity index (χ3v) is 2.97. The summed E-state index contributed by atoms with van der Waals surface area (Å²) >= 11 is 0. The van der Waals surface area contributed by atoms with Crippen LogP contribution >= 0.6 is 0 Å². The van der Waals surface area contributed by atoms with E-state index in [1.165, 1.54) is 0 Å². The van der Waals surface area contributed by atoms with Gasteiger partial charge in [-0.2, -0.15) is 0 Å². The van der Waals surface area contributed by atoms with Crippen molar-refractivity contribution in [1.29, 1.82) is 0 Å². The molecule has 0 bridgehead atoms. The number of hydrogen-bond acceptors (Lipinski definition) is 4. The zero-order chi connectivity index (χ0) is 15.3. The average Bonchev–Trinajstić information content (AvgIpc) is 2.22. The first-order valence-electron chi connectivity index (χ1n) is 7.01. The Balaban J connectivity index is 2.50. The molecule has 1 atom stereocenters. The smallest absolute Gasteiger partial charge is 0.217 e. The summed E-state index contributed by atoms with van der Waals surface area (Å²) in [6.45, 7) is 12.3. The first kappa shape index (κ1) is 16.6. The van der Waals surface area contributed by atoms with Crippen molar-refractivity contribution < 1.29 is 4.79 Å². The van der Waals surface area contributed by atoms with Gasteiger partial charge in [-0.1, -0.05) is 0 Å². The first-order chi connectivity index (χ1) is 9.18. The second-order valence-corrected chi connectivity index (χ2v) is 6.12. The van der Waals surface area contributed by atoms with Gasteiger partial charge in [0.2, 0.25) is 5.91 Å². The summed E-state index contributed by atoms with van der Waals surface area (Å²) in [5, 5.41) is 6.36. The highest BCUT2D eigenvalue weighted by molar-refractivity contribution is 5.73. The van der Waals surface area contributed by atoms with Crippen LogP contribution in [0.15, 0.2) is 6.07 Å². The van der Waals surface area contributed by atoms with E-state index in [0.717, 1.165) is 23.6 Å². The Bertz CT molecular complexity index is 451. The SMILES string of the molecule is CC(=O)NC(C)(C)CC(C)NCc1nc(C)cc(C)n1. The predicted octanol–water partition coefficient (Wildman–Crippen LogP) is 1.88. The molecule has 0 saturated heterocycles. The summed E-state index contributed by atoms with van der Waals surface area (Å²) in [4.78, 5) is 20.0. The first-order valence-corrected chi connectivity index (χ1v) is 7.01. The van der Waals surface area contributed by atoms with Gasteiger partial charge in [0.15, 0.2) is 0 Å². The maximum absolute atomic E-state index is 11.1. The summed E-state index contributed by atoms with van der Waals surface area (Å²) in [7, 11) is 0. The van der Waals surface area contributed by atoms with E-state index in [1.54, 1.807) is 6.92 Å². The van der Waals surface area contributed by atoms with Crippen LogP contribution in [-0.2, 0) is 11.3 Å².